The number of aromatic nitrogens is 1. The van der Waals surface area contributed by atoms with Gasteiger partial charge in [0.15, 0.2) is 0 Å². The highest BCUT2D eigenvalue weighted by Gasteiger charge is 2.21. The standard InChI is InChI=1S/C17H19BrN2O/c1-2-19-16(15-5-3-4-7-20-15)11-13-10-14(18)9-12-6-8-21-17(12)13/h3-5,7,9-10,16,19H,2,6,8,11H2,1H3. The van der Waals surface area contributed by atoms with Crippen molar-refractivity contribution >= 4 is 15.9 Å². The fourth-order valence-electron chi connectivity index (χ4n) is 2.83. The van der Waals surface area contributed by atoms with Crippen molar-refractivity contribution in [1.29, 1.82) is 0 Å². The van der Waals surface area contributed by atoms with Crippen LogP contribution in [0, 0.1) is 0 Å². The average molecular weight is 347 g/mol. The van der Waals surface area contributed by atoms with Crippen LogP contribution >= 0.6 is 15.9 Å². The molecule has 1 aromatic carbocycles. The van der Waals surface area contributed by atoms with E-state index in [-0.39, 0.29) is 6.04 Å². The highest BCUT2D eigenvalue weighted by Crippen LogP contribution is 2.35. The molecule has 0 spiro atoms. The number of hydrogen-bond acceptors (Lipinski definition) is 3. The third-order valence-corrected chi connectivity index (χ3v) is 4.20. The normalized spacial score (nSPS) is 14.6. The number of pyridine rings is 1. The summed E-state index contributed by atoms with van der Waals surface area (Å²) in [5.41, 5.74) is 3.62. The molecule has 1 N–H and O–H groups in total. The number of ether oxygens (including phenoxy) is 1. The van der Waals surface area contributed by atoms with Crippen molar-refractivity contribution in [3.63, 3.8) is 0 Å². The van der Waals surface area contributed by atoms with Crippen LogP contribution in [0.1, 0.15) is 29.8 Å². The number of fused-ring (bicyclic) bond motifs is 1. The van der Waals surface area contributed by atoms with Crippen LogP contribution in [0.3, 0.4) is 0 Å². The van der Waals surface area contributed by atoms with Gasteiger partial charge in [-0.1, -0.05) is 28.9 Å². The minimum atomic E-state index is 0.207. The Morgan fingerprint density at radius 3 is 3.05 bits per heavy atom. The molecule has 1 aliphatic heterocycles. The van der Waals surface area contributed by atoms with Crippen molar-refractivity contribution in [3.8, 4) is 5.75 Å². The molecule has 21 heavy (non-hydrogen) atoms. The second-order valence-corrected chi connectivity index (χ2v) is 6.14. The van der Waals surface area contributed by atoms with E-state index in [0.717, 1.165) is 41.9 Å². The predicted octanol–water partition coefficient (Wildman–Crippen LogP) is 3.67. The van der Waals surface area contributed by atoms with Crippen LogP contribution in [0.4, 0.5) is 0 Å². The lowest BCUT2D eigenvalue weighted by Crippen LogP contribution is -2.24. The molecule has 0 fully saturated rings. The minimum Gasteiger partial charge on any atom is -0.493 e. The van der Waals surface area contributed by atoms with Gasteiger partial charge in [0, 0.05) is 17.1 Å². The topological polar surface area (TPSA) is 34.1 Å². The summed E-state index contributed by atoms with van der Waals surface area (Å²) < 4.78 is 6.95. The second-order valence-electron chi connectivity index (χ2n) is 5.22. The van der Waals surface area contributed by atoms with Crippen molar-refractivity contribution < 1.29 is 4.74 Å². The van der Waals surface area contributed by atoms with E-state index in [0.29, 0.717) is 0 Å². The van der Waals surface area contributed by atoms with Crippen molar-refractivity contribution in [1.82, 2.24) is 10.3 Å². The van der Waals surface area contributed by atoms with Crippen LogP contribution in [-0.2, 0) is 12.8 Å². The fourth-order valence-corrected chi connectivity index (χ4v) is 3.38. The predicted molar refractivity (Wildman–Crippen MR) is 87.7 cm³/mol. The number of halogens is 1. The SMILES string of the molecule is CCNC(Cc1cc(Br)cc2c1OCC2)c1ccccn1. The van der Waals surface area contributed by atoms with Gasteiger partial charge in [0.05, 0.1) is 18.3 Å². The van der Waals surface area contributed by atoms with Gasteiger partial charge in [-0.15, -0.1) is 0 Å². The zero-order chi connectivity index (χ0) is 14.7. The highest BCUT2D eigenvalue weighted by molar-refractivity contribution is 9.10. The van der Waals surface area contributed by atoms with Gasteiger partial charge in [-0.3, -0.25) is 4.98 Å². The van der Waals surface area contributed by atoms with Crippen LogP contribution in [0.15, 0.2) is 41.0 Å². The summed E-state index contributed by atoms with van der Waals surface area (Å²) >= 11 is 3.61. The molecule has 4 heteroatoms. The van der Waals surface area contributed by atoms with Crippen molar-refractivity contribution in [3.05, 3.63) is 57.8 Å². The Morgan fingerprint density at radius 1 is 1.38 bits per heavy atom. The number of nitrogens with zero attached hydrogens (tertiary/aromatic N) is 1. The van der Waals surface area contributed by atoms with Crippen LogP contribution in [0.5, 0.6) is 5.75 Å². The Hall–Kier alpha value is -1.39. The Morgan fingerprint density at radius 2 is 2.29 bits per heavy atom. The summed E-state index contributed by atoms with van der Waals surface area (Å²) in [6, 6.07) is 10.6. The van der Waals surface area contributed by atoms with Gasteiger partial charge in [0.1, 0.15) is 5.75 Å². The van der Waals surface area contributed by atoms with Crippen molar-refractivity contribution in [2.45, 2.75) is 25.8 Å². The Bertz CT molecular complexity index is 616. The molecule has 2 aromatic rings. The molecule has 1 atom stereocenters. The third-order valence-electron chi connectivity index (χ3n) is 3.74. The maximum atomic E-state index is 5.83. The summed E-state index contributed by atoms with van der Waals surface area (Å²) in [6.07, 6.45) is 3.73. The minimum absolute atomic E-state index is 0.207. The molecule has 110 valence electrons. The molecule has 1 aromatic heterocycles. The van der Waals surface area contributed by atoms with Crippen LogP contribution in [0.2, 0.25) is 0 Å². The Labute approximate surface area is 133 Å². The first-order chi connectivity index (χ1) is 10.3. The van der Waals surface area contributed by atoms with Crippen LogP contribution in [0.25, 0.3) is 0 Å². The molecule has 0 bridgehead atoms. The van der Waals surface area contributed by atoms with Crippen LogP contribution in [-0.4, -0.2) is 18.1 Å². The van der Waals surface area contributed by atoms with Gasteiger partial charge >= 0.3 is 0 Å². The Balaban J connectivity index is 1.90. The molecular weight excluding hydrogens is 328 g/mol. The molecule has 3 rings (SSSR count). The number of rotatable bonds is 5. The van der Waals surface area contributed by atoms with E-state index in [1.807, 2.05) is 18.3 Å². The second kappa shape index (κ2) is 6.58. The van der Waals surface area contributed by atoms with Crippen LogP contribution < -0.4 is 10.1 Å². The van der Waals surface area contributed by atoms with E-state index in [1.54, 1.807) is 0 Å². The maximum absolute atomic E-state index is 5.83. The first-order valence-electron chi connectivity index (χ1n) is 7.36. The number of benzene rings is 1. The lowest BCUT2D eigenvalue weighted by atomic mass is 9.99. The Kier molecular flexibility index (Phi) is 4.56. The molecule has 1 unspecified atom stereocenters. The van der Waals surface area contributed by atoms with E-state index >= 15 is 0 Å². The lowest BCUT2D eigenvalue weighted by molar-refractivity contribution is 0.351. The maximum Gasteiger partial charge on any atom is 0.125 e. The number of likely N-dealkylation sites (N-methyl/N-ethyl adjacent to an activating group) is 1. The molecular formula is C17H19BrN2O. The van der Waals surface area contributed by atoms with E-state index in [2.05, 4.69) is 51.4 Å². The number of nitrogens with one attached hydrogen (secondary N) is 1. The van der Waals surface area contributed by atoms with Gasteiger partial charge in [-0.2, -0.15) is 0 Å². The summed E-state index contributed by atoms with van der Waals surface area (Å²) in [6.45, 7) is 3.82. The molecule has 2 heterocycles. The van der Waals surface area contributed by atoms with Gasteiger partial charge in [-0.25, -0.2) is 0 Å². The molecule has 0 amide bonds. The average Bonchev–Trinajstić information content (AvgIpc) is 2.96. The van der Waals surface area contributed by atoms with E-state index in [9.17, 15) is 0 Å². The van der Waals surface area contributed by atoms with E-state index in [4.69, 9.17) is 4.74 Å². The van der Waals surface area contributed by atoms with Crippen molar-refractivity contribution in [2.24, 2.45) is 0 Å². The molecule has 1 aliphatic rings. The quantitative estimate of drug-likeness (QED) is 0.896. The van der Waals surface area contributed by atoms with Gasteiger partial charge in [-0.05, 0) is 48.4 Å². The zero-order valence-corrected chi connectivity index (χ0v) is 13.7. The third kappa shape index (κ3) is 3.27. The molecule has 0 saturated carbocycles. The van der Waals surface area contributed by atoms with Crippen molar-refractivity contribution in [2.75, 3.05) is 13.2 Å². The van der Waals surface area contributed by atoms with Gasteiger partial charge in [0.25, 0.3) is 0 Å². The first-order valence-corrected chi connectivity index (χ1v) is 8.15. The largest absolute Gasteiger partial charge is 0.493 e. The molecule has 0 saturated heterocycles. The molecule has 3 nitrogen and oxygen atoms in total. The lowest BCUT2D eigenvalue weighted by Gasteiger charge is -2.19. The highest BCUT2D eigenvalue weighted by atomic mass is 79.9. The molecule has 0 aliphatic carbocycles. The number of hydrogen-bond donors (Lipinski definition) is 1. The fraction of sp³-hybridized carbons (Fsp3) is 0.353. The summed E-state index contributed by atoms with van der Waals surface area (Å²) in [5, 5.41) is 3.52. The van der Waals surface area contributed by atoms with Gasteiger partial charge in [0.2, 0.25) is 0 Å². The van der Waals surface area contributed by atoms with Gasteiger partial charge < -0.3 is 10.1 Å². The summed E-state index contributed by atoms with van der Waals surface area (Å²) in [5.74, 6) is 1.07. The first kappa shape index (κ1) is 14.5. The zero-order valence-electron chi connectivity index (χ0n) is 12.1. The van der Waals surface area contributed by atoms with E-state index in [1.165, 1.54) is 11.1 Å². The summed E-state index contributed by atoms with van der Waals surface area (Å²) in [7, 11) is 0. The molecule has 0 radical (unpaired) electrons. The monoisotopic (exact) mass is 346 g/mol. The van der Waals surface area contributed by atoms with E-state index < -0.39 is 0 Å². The summed E-state index contributed by atoms with van der Waals surface area (Å²) in [4.78, 5) is 4.49. The smallest absolute Gasteiger partial charge is 0.125 e.